The molecule has 0 unspecified atom stereocenters. The van der Waals surface area contributed by atoms with Gasteiger partial charge < -0.3 is 10.6 Å². The molecule has 1 aromatic carbocycles. The van der Waals surface area contributed by atoms with Gasteiger partial charge in [0, 0.05) is 13.1 Å². The molecule has 0 radical (unpaired) electrons. The Labute approximate surface area is 96.6 Å². The van der Waals surface area contributed by atoms with Crippen molar-refractivity contribution in [2.75, 3.05) is 13.1 Å². The van der Waals surface area contributed by atoms with Crippen molar-refractivity contribution in [3.63, 3.8) is 0 Å². The standard InChI is InChI=1S/C13H18N2O/c1-3-8-15-13(16)10-14-9-12-6-4-11(2)5-7-12/h3-7,14H,1,8-10H2,2H3,(H,15,16). The van der Waals surface area contributed by atoms with Gasteiger partial charge in [-0.1, -0.05) is 35.9 Å². The minimum Gasteiger partial charge on any atom is -0.352 e. The highest BCUT2D eigenvalue weighted by Gasteiger charge is 1.98. The Hall–Kier alpha value is -1.61. The summed E-state index contributed by atoms with van der Waals surface area (Å²) in [5, 5.41) is 5.79. The highest BCUT2D eigenvalue weighted by Crippen LogP contribution is 2.01. The van der Waals surface area contributed by atoms with Gasteiger partial charge >= 0.3 is 0 Å². The van der Waals surface area contributed by atoms with E-state index in [1.54, 1.807) is 6.08 Å². The second kappa shape index (κ2) is 6.80. The Bertz CT molecular complexity index is 343. The summed E-state index contributed by atoms with van der Waals surface area (Å²) in [5.41, 5.74) is 2.43. The summed E-state index contributed by atoms with van der Waals surface area (Å²) in [4.78, 5) is 11.2. The third-order valence-electron chi connectivity index (χ3n) is 2.18. The monoisotopic (exact) mass is 218 g/mol. The van der Waals surface area contributed by atoms with Gasteiger partial charge in [-0.2, -0.15) is 0 Å². The quantitative estimate of drug-likeness (QED) is 0.708. The molecule has 0 aliphatic heterocycles. The van der Waals surface area contributed by atoms with Gasteiger partial charge in [-0.05, 0) is 12.5 Å². The van der Waals surface area contributed by atoms with Gasteiger partial charge in [0.1, 0.15) is 0 Å². The van der Waals surface area contributed by atoms with Crippen LogP contribution in [0.5, 0.6) is 0 Å². The topological polar surface area (TPSA) is 41.1 Å². The molecular formula is C13H18N2O. The summed E-state index contributed by atoms with van der Waals surface area (Å²) in [6.07, 6.45) is 1.66. The number of carbonyl (C=O) groups is 1. The fraction of sp³-hybridized carbons (Fsp3) is 0.308. The largest absolute Gasteiger partial charge is 0.352 e. The van der Waals surface area contributed by atoms with Crippen LogP contribution >= 0.6 is 0 Å². The molecular weight excluding hydrogens is 200 g/mol. The van der Waals surface area contributed by atoms with E-state index < -0.39 is 0 Å². The van der Waals surface area contributed by atoms with Gasteiger partial charge in [-0.15, -0.1) is 6.58 Å². The van der Waals surface area contributed by atoms with Crippen LogP contribution in [0.4, 0.5) is 0 Å². The maximum atomic E-state index is 11.2. The molecule has 1 aromatic rings. The molecule has 0 spiro atoms. The third-order valence-corrected chi connectivity index (χ3v) is 2.18. The van der Waals surface area contributed by atoms with Crippen molar-refractivity contribution in [2.45, 2.75) is 13.5 Å². The minimum absolute atomic E-state index is 0.00740. The third kappa shape index (κ3) is 4.75. The first kappa shape index (κ1) is 12.5. The summed E-state index contributed by atoms with van der Waals surface area (Å²) in [6, 6.07) is 8.25. The minimum atomic E-state index is -0.00740. The van der Waals surface area contributed by atoms with E-state index in [4.69, 9.17) is 0 Å². The Morgan fingerprint density at radius 2 is 2.06 bits per heavy atom. The molecule has 0 saturated heterocycles. The van der Waals surface area contributed by atoms with Crippen LogP contribution in [0, 0.1) is 6.92 Å². The van der Waals surface area contributed by atoms with Crippen LogP contribution < -0.4 is 10.6 Å². The molecule has 0 bridgehead atoms. The summed E-state index contributed by atoms with van der Waals surface area (Å²) in [6.45, 7) is 7.15. The number of nitrogens with one attached hydrogen (secondary N) is 2. The lowest BCUT2D eigenvalue weighted by atomic mass is 10.1. The van der Waals surface area contributed by atoms with Crippen molar-refractivity contribution in [1.82, 2.24) is 10.6 Å². The summed E-state index contributed by atoms with van der Waals surface area (Å²) in [7, 11) is 0. The fourth-order valence-corrected chi connectivity index (χ4v) is 1.27. The summed E-state index contributed by atoms with van der Waals surface area (Å²) >= 11 is 0. The van der Waals surface area contributed by atoms with E-state index >= 15 is 0 Å². The maximum absolute atomic E-state index is 11.2. The Kier molecular flexibility index (Phi) is 5.29. The molecule has 3 nitrogen and oxygen atoms in total. The van der Waals surface area contributed by atoms with E-state index in [-0.39, 0.29) is 5.91 Å². The van der Waals surface area contributed by atoms with Crippen molar-refractivity contribution in [3.8, 4) is 0 Å². The highest BCUT2D eigenvalue weighted by atomic mass is 16.1. The van der Waals surface area contributed by atoms with Crippen LogP contribution in [0.2, 0.25) is 0 Å². The number of aryl methyl sites for hydroxylation is 1. The predicted octanol–water partition coefficient (Wildman–Crippen LogP) is 1.39. The zero-order valence-corrected chi connectivity index (χ0v) is 9.62. The van der Waals surface area contributed by atoms with Crippen molar-refractivity contribution >= 4 is 5.91 Å². The lowest BCUT2D eigenvalue weighted by molar-refractivity contribution is -0.120. The molecule has 1 amide bonds. The lowest BCUT2D eigenvalue weighted by Crippen LogP contribution is -2.33. The molecule has 86 valence electrons. The fourth-order valence-electron chi connectivity index (χ4n) is 1.27. The number of amides is 1. The molecule has 0 aliphatic carbocycles. The van der Waals surface area contributed by atoms with Gasteiger partial charge in [0.15, 0.2) is 0 Å². The predicted molar refractivity (Wildman–Crippen MR) is 66.1 cm³/mol. The molecule has 0 heterocycles. The number of hydrogen-bond acceptors (Lipinski definition) is 2. The number of rotatable bonds is 6. The number of benzene rings is 1. The second-order valence-corrected chi connectivity index (χ2v) is 3.68. The molecule has 0 atom stereocenters. The van der Waals surface area contributed by atoms with E-state index in [2.05, 4.69) is 48.4 Å². The molecule has 2 N–H and O–H groups in total. The van der Waals surface area contributed by atoms with Gasteiger partial charge in [-0.3, -0.25) is 4.79 Å². The van der Waals surface area contributed by atoms with Crippen molar-refractivity contribution in [2.24, 2.45) is 0 Å². The van der Waals surface area contributed by atoms with E-state index in [0.29, 0.717) is 19.6 Å². The van der Waals surface area contributed by atoms with E-state index in [0.717, 1.165) is 0 Å². The van der Waals surface area contributed by atoms with Crippen LogP contribution in [0.1, 0.15) is 11.1 Å². The normalized spacial score (nSPS) is 9.81. The average molecular weight is 218 g/mol. The van der Waals surface area contributed by atoms with Gasteiger partial charge in [-0.25, -0.2) is 0 Å². The number of carbonyl (C=O) groups excluding carboxylic acids is 1. The molecule has 0 fully saturated rings. The Morgan fingerprint density at radius 3 is 2.69 bits per heavy atom. The van der Waals surface area contributed by atoms with E-state index in [1.165, 1.54) is 11.1 Å². The van der Waals surface area contributed by atoms with E-state index in [1.807, 2.05) is 0 Å². The van der Waals surface area contributed by atoms with Crippen molar-refractivity contribution < 1.29 is 4.79 Å². The van der Waals surface area contributed by atoms with Crippen LogP contribution in [-0.2, 0) is 11.3 Å². The Morgan fingerprint density at radius 1 is 1.38 bits per heavy atom. The lowest BCUT2D eigenvalue weighted by Gasteiger charge is -2.05. The molecule has 16 heavy (non-hydrogen) atoms. The Balaban J connectivity index is 2.22. The second-order valence-electron chi connectivity index (χ2n) is 3.68. The van der Waals surface area contributed by atoms with Crippen LogP contribution in [0.25, 0.3) is 0 Å². The zero-order chi connectivity index (χ0) is 11.8. The number of hydrogen-bond donors (Lipinski definition) is 2. The molecule has 3 heteroatoms. The molecule has 0 aromatic heterocycles. The molecule has 0 aliphatic rings. The van der Waals surface area contributed by atoms with Crippen molar-refractivity contribution in [1.29, 1.82) is 0 Å². The smallest absolute Gasteiger partial charge is 0.234 e. The van der Waals surface area contributed by atoms with Gasteiger partial charge in [0.05, 0.1) is 6.54 Å². The van der Waals surface area contributed by atoms with Crippen LogP contribution in [0.15, 0.2) is 36.9 Å². The zero-order valence-electron chi connectivity index (χ0n) is 9.62. The summed E-state index contributed by atoms with van der Waals surface area (Å²) < 4.78 is 0. The molecule has 1 rings (SSSR count). The summed E-state index contributed by atoms with van der Waals surface area (Å²) in [5.74, 6) is -0.00740. The first-order valence-electron chi connectivity index (χ1n) is 5.36. The van der Waals surface area contributed by atoms with Gasteiger partial charge in [0.2, 0.25) is 5.91 Å². The van der Waals surface area contributed by atoms with Crippen LogP contribution in [-0.4, -0.2) is 19.0 Å². The SMILES string of the molecule is C=CCNC(=O)CNCc1ccc(C)cc1. The van der Waals surface area contributed by atoms with Gasteiger partial charge in [0.25, 0.3) is 0 Å². The van der Waals surface area contributed by atoms with Crippen molar-refractivity contribution in [3.05, 3.63) is 48.0 Å². The average Bonchev–Trinajstić information content (AvgIpc) is 2.29. The van der Waals surface area contributed by atoms with Crippen LogP contribution in [0.3, 0.4) is 0 Å². The first-order chi connectivity index (χ1) is 7.72. The maximum Gasteiger partial charge on any atom is 0.234 e. The highest BCUT2D eigenvalue weighted by molar-refractivity contribution is 5.78. The van der Waals surface area contributed by atoms with E-state index in [9.17, 15) is 4.79 Å². The first-order valence-corrected chi connectivity index (χ1v) is 5.36. The molecule has 0 saturated carbocycles.